The van der Waals surface area contributed by atoms with E-state index in [1.807, 2.05) is 47.4 Å². The maximum absolute atomic E-state index is 13.8. The normalized spacial score (nSPS) is 15.4. The van der Waals surface area contributed by atoms with Crippen molar-refractivity contribution in [1.29, 1.82) is 0 Å². The van der Waals surface area contributed by atoms with Crippen molar-refractivity contribution in [2.45, 2.75) is 6.54 Å². The Balaban J connectivity index is 1.50. The van der Waals surface area contributed by atoms with Gasteiger partial charge in [-0.2, -0.15) is 0 Å². The highest BCUT2D eigenvalue weighted by molar-refractivity contribution is 5.91. The van der Waals surface area contributed by atoms with E-state index in [2.05, 4.69) is 4.90 Å². The second-order valence-electron chi connectivity index (χ2n) is 6.31. The molecule has 26 heavy (non-hydrogen) atoms. The summed E-state index contributed by atoms with van der Waals surface area (Å²) in [6.07, 6.45) is 3.47. The summed E-state index contributed by atoms with van der Waals surface area (Å²) in [5, 5.41) is 0. The fourth-order valence-corrected chi connectivity index (χ4v) is 3.03. The molecule has 1 heterocycles. The van der Waals surface area contributed by atoms with Crippen LogP contribution in [0.1, 0.15) is 11.1 Å². The van der Waals surface area contributed by atoms with E-state index in [0.717, 1.165) is 24.2 Å². The second-order valence-corrected chi connectivity index (χ2v) is 6.31. The predicted octanol–water partition coefficient (Wildman–Crippen LogP) is 3.19. The Morgan fingerprint density at radius 3 is 2.50 bits per heavy atom. The number of benzene rings is 2. The molecule has 1 fully saturated rings. The molecule has 0 radical (unpaired) electrons. The van der Waals surface area contributed by atoms with Gasteiger partial charge >= 0.3 is 0 Å². The zero-order valence-electron chi connectivity index (χ0n) is 14.9. The largest absolute Gasteiger partial charge is 0.494 e. The maximum atomic E-state index is 13.8. The molecule has 2 aromatic carbocycles. The smallest absolute Gasteiger partial charge is 0.246 e. The highest BCUT2D eigenvalue weighted by atomic mass is 19.1. The van der Waals surface area contributed by atoms with Crippen molar-refractivity contribution >= 4 is 12.0 Å². The van der Waals surface area contributed by atoms with Gasteiger partial charge in [-0.05, 0) is 29.3 Å². The van der Waals surface area contributed by atoms with Crippen LogP contribution in [0, 0.1) is 5.82 Å². The number of carbonyl (C=O) groups excluding carboxylic acids is 1. The minimum atomic E-state index is -0.343. The van der Waals surface area contributed by atoms with Crippen LogP contribution >= 0.6 is 0 Å². The Bertz CT molecular complexity index is 769. The monoisotopic (exact) mass is 354 g/mol. The quantitative estimate of drug-likeness (QED) is 0.773. The molecule has 5 heteroatoms. The van der Waals surface area contributed by atoms with Crippen molar-refractivity contribution in [3.8, 4) is 5.75 Å². The lowest BCUT2D eigenvalue weighted by atomic mass is 10.1. The molecule has 0 unspecified atom stereocenters. The molecule has 1 saturated heterocycles. The molecule has 0 N–H and O–H groups in total. The van der Waals surface area contributed by atoms with E-state index < -0.39 is 0 Å². The van der Waals surface area contributed by atoms with E-state index in [-0.39, 0.29) is 17.5 Å². The van der Waals surface area contributed by atoms with Gasteiger partial charge in [0.05, 0.1) is 7.11 Å². The van der Waals surface area contributed by atoms with Crippen LogP contribution in [0.4, 0.5) is 4.39 Å². The lowest BCUT2D eigenvalue weighted by molar-refractivity contribution is -0.127. The number of hydrogen-bond donors (Lipinski definition) is 0. The first-order valence-corrected chi connectivity index (χ1v) is 8.72. The zero-order chi connectivity index (χ0) is 18.4. The van der Waals surface area contributed by atoms with Crippen molar-refractivity contribution in [2.75, 3.05) is 33.3 Å². The van der Waals surface area contributed by atoms with Gasteiger partial charge in [-0.25, -0.2) is 4.39 Å². The van der Waals surface area contributed by atoms with E-state index >= 15 is 0 Å². The van der Waals surface area contributed by atoms with E-state index in [0.29, 0.717) is 19.6 Å². The van der Waals surface area contributed by atoms with Crippen LogP contribution in [0.15, 0.2) is 54.6 Å². The third-order valence-electron chi connectivity index (χ3n) is 4.52. The van der Waals surface area contributed by atoms with Gasteiger partial charge in [0.1, 0.15) is 0 Å². The summed E-state index contributed by atoms with van der Waals surface area (Å²) in [6, 6.07) is 14.8. The number of methoxy groups -OCH3 is 1. The minimum absolute atomic E-state index is 0.0315. The van der Waals surface area contributed by atoms with Gasteiger partial charge in [0.15, 0.2) is 11.6 Å². The van der Waals surface area contributed by atoms with Gasteiger partial charge in [0.25, 0.3) is 0 Å². The highest BCUT2D eigenvalue weighted by Crippen LogP contribution is 2.19. The number of nitrogens with zero attached hydrogens (tertiary/aromatic N) is 2. The number of hydrogen-bond acceptors (Lipinski definition) is 3. The fourth-order valence-electron chi connectivity index (χ4n) is 3.03. The Morgan fingerprint density at radius 2 is 1.85 bits per heavy atom. The molecule has 1 aliphatic rings. The van der Waals surface area contributed by atoms with Gasteiger partial charge in [0, 0.05) is 38.8 Å². The molecule has 136 valence electrons. The summed E-state index contributed by atoms with van der Waals surface area (Å²) in [7, 11) is 1.46. The van der Waals surface area contributed by atoms with Gasteiger partial charge in [-0.15, -0.1) is 0 Å². The number of amides is 1. The summed E-state index contributed by atoms with van der Waals surface area (Å²) in [4.78, 5) is 16.4. The van der Waals surface area contributed by atoms with Gasteiger partial charge in [0.2, 0.25) is 5.91 Å². The Labute approximate surface area is 153 Å². The molecular weight excluding hydrogens is 331 g/mol. The SMILES string of the molecule is COc1ccc(CN2CCN(C(=O)/C=C/c3ccccc3)CC2)cc1F. The number of carbonyl (C=O) groups is 1. The van der Waals surface area contributed by atoms with Crippen molar-refractivity contribution in [1.82, 2.24) is 9.80 Å². The van der Waals surface area contributed by atoms with E-state index in [4.69, 9.17) is 4.74 Å². The van der Waals surface area contributed by atoms with Crippen LogP contribution in [0.25, 0.3) is 6.08 Å². The van der Waals surface area contributed by atoms with E-state index in [1.165, 1.54) is 13.2 Å². The molecule has 1 amide bonds. The molecule has 0 bridgehead atoms. The van der Waals surface area contributed by atoms with Crippen molar-refractivity contribution in [3.63, 3.8) is 0 Å². The number of piperazine rings is 1. The summed E-state index contributed by atoms with van der Waals surface area (Å²) >= 11 is 0. The number of halogens is 1. The highest BCUT2D eigenvalue weighted by Gasteiger charge is 2.20. The summed E-state index contributed by atoms with van der Waals surface area (Å²) < 4.78 is 18.7. The first-order valence-electron chi connectivity index (χ1n) is 8.72. The molecule has 0 saturated carbocycles. The Kier molecular flexibility index (Phi) is 6.02. The zero-order valence-corrected chi connectivity index (χ0v) is 14.9. The average molecular weight is 354 g/mol. The van der Waals surface area contributed by atoms with Crippen LogP contribution < -0.4 is 4.74 Å². The van der Waals surface area contributed by atoms with Gasteiger partial charge in [-0.3, -0.25) is 9.69 Å². The van der Waals surface area contributed by atoms with Gasteiger partial charge < -0.3 is 9.64 Å². The van der Waals surface area contributed by atoms with E-state index in [9.17, 15) is 9.18 Å². The first-order chi connectivity index (χ1) is 12.7. The standard InChI is InChI=1S/C21H23FN2O2/c1-26-20-9-7-18(15-19(20)22)16-23-11-13-24(14-12-23)21(25)10-8-17-5-3-2-4-6-17/h2-10,15H,11-14,16H2,1H3/b10-8+. The van der Waals surface area contributed by atoms with Crippen LogP contribution in [0.3, 0.4) is 0 Å². The molecule has 0 atom stereocenters. The third kappa shape index (κ3) is 4.70. The summed E-state index contributed by atoms with van der Waals surface area (Å²) in [6.45, 7) is 3.58. The minimum Gasteiger partial charge on any atom is -0.494 e. The summed E-state index contributed by atoms with van der Waals surface area (Å²) in [5.74, 6) is -0.0526. The average Bonchev–Trinajstić information content (AvgIpc) is 2.68. The molecule has 0 aliphatic carbocycles. The maximum Gasteiger partial charge on any atom is 0.246 e. The molecule has 2 aromatic rings. The predicted molar refractivity (Wildman–Crippen MR) is 100 cm³/mol. The topological polar surface area (TPSA) is 32.8 Å². The van der Waals surface area contributed by atoms with Crippen LogP contribution in [0.5, 0.6) is 5.75 Å². The summed E-state index contributed by atoms with van der Waals surface area (Å²) in [5.41, 5.74) is 1.92. The second kappa shape index (κ2) is 8.63. The van der Waals surface area contributed by atoms with E-state index in [1.54, 1.807) is 12.1 Å². The Morgan fingerprint density at radius 1 is 1.12 bits per heavy atom. The fraction of sp³-hybridized carbons (Fsp3) is 0.286. The molecular formula is C21H23FN2O2. The van der Waals surface area contributed by atoms with Crippen LogP contribution in [-0.2, 0) is 11.3 Å². The molecule has 4 nitrogen and oxygen atoms in total. The molecule has 0 spiro atoms. The molecule has 0 aromatic heterocycles. The number of rotatable bonds is 5. The molecule has 3 rings (SSSR count). The van der Waals surface area contributed by atoms with Crippen molar-refractivity contribution < 1.29 is 13.9 Å². The Hall–Kier alpha value is -2.66. The van der Waals surface area contributed by atoms with Gasteiger partial charge in [-0.1, -0.05) is 36.4 Å². The molecule has 1 aliphatic heterocycles. The lowest BCUT2D eigenvalue weighted by Crippen LogP contribution is -2.47. The first kappa shape index (κ1) is 18.1. The lowest BCUT2D eigenvalue weighted by Gasteiger charge is -2.34. The number of ether oxygens (including phenoxy) is 1. The van der Waals surface area contributed by atoms with Crippen molar-refractivity contribution in [2.24, 2.45) is 0 Å². The van der Waals surface area contributed by atoms with Crippen LogP contribution in [0.2, 0.25) is 0 Å². The van der Waals surface area contributed by atoms with Crippen molar-refractivity contribution in [3.05, 3.63) is 71.6 Å². The third-order valence-corrected chi connectivity index (χ3v) is 4.52. The van der Waals surface area contributed by atoms with Crippen LogP contribution in [-0.4, -0.2) is 49.0 Å².